The third-order valence-electron chi connectivity index (χ3n) is 6.41. The lowest BCUT2D eigenvalue weighted by Crippen LogP contribution is -2.39. The number of hydrogen-bond donors (Lipinski definition) is 1. The zero-order valence-electron chi connectivity index (χ0n) is 20.2. The highest BCUT2D eigenvalue weighted by molar-refractivity contribution is 7.98. The number of rotatable bonds is 9. The molecular weight excluding hydrogens is 440 g/mol. The van der Waals surface area contributed by atoms with Gasteiger partial charge in [-0.3, -0.25) is 4.79 Å². The molecule has 1 amide bonds. The minimum absolute atomic E-state index is 0.000727. The van der Waals surface area contributed by atoms with Crippen LogP contribution in [0.4, 0.5) is 0 Å². The number of hydrogen-bond acceptors (Lipinski definition) is 5. The van der Waals surface area contributed by atoms with Gasteiger partial charge in [-0.1, -0.05) is 60.1 Å². The predicted octanol–water partition coefficient (Wildman–Crippen LogP) is 5.74. The Bertz CT molecular complexity index is 1070. The standard InChI is InChI=1S/C28H34N4OS/c1-21-10-12-24(13-11-21)26-14-15-27(31-30-26)34-20-23-8-5-9-25(19-23)28(33)29-16-6-18-32-17-4-3-7-22(32)2/h5,8-15,19,22H,3-4,6-7,16-18,20H2,1-2H3,(H,29,33)/t22-/m1/s1. The van der Waals surface area contributed by atoms with Crippen molar-refractivity contribution >= 4 is 17.7 Å². The van der Waals surface area contributed by atoms with E-state index in [0.717, 1.165) is 40.6 Å². The summed E-state index contributed by atoms with van der Waals surface area (Å²) < 4.78 is 0. The fourth-order valence-electron chi connectivity index (χ4n) is 4.31. The zero-order valence-corrected chi connectivity index (χ0v) is 21.0. The maximum atomic E-state index is 12.6. The molecule has 0 bridgehead atoms. The van der Waals surface area contributed by atoms with Gasteiger partial charge in [0, 0.05) is 36.0 Å². The van der Waals surface area contributed by atoms with Crippen LogP contribution in [0.15, 0.2) is 65.7 Å². The molecule has 0 aliphatic carbocycles. The average molecular weight is 475 g/mol. The molecule has 34 heavy (non-hydrogen) atoms. The molecule has 0 spiro atoms. The monoisotopic (exact) mass is 474 g/mol. The molecule has 1 aliphatic rings. The number of thioether (sulfide) groups is 1. The number of nitrogens with one attached hydrogen (secondary N) is 1. The number of amides is 1. The summed E-state index contributed by atoms with van der Waals surface area (Å²) in [6, 6.07) is 20.8. The van der Waals surface area contributed by atoms with Gasteiger partial charge in [-0.2, -0.15) is 0 Å². The summed E-state index contributed by atoms with van der Waals surface area (Å²) >= 11 is 1.63. The third kappa shape index (κ3) is 6.90. The molecule has 178 valence electrons. The number of aryl methyl sites for hydroxylation is 1. The molecule has 1 fully saturated rings. The lowest BCUT2D eigenvalue weighted by molar-refractivity contribution is 0.0949. The molecule has 3 aromatic rings. The molecule has 0 unspecified atom stereocenters. The van der Waals surface area contributed by atoms with Crippen molar-refractivity contribution in [1.29, 1.82) is 0 Å². The molecule has 2 aromatic carbocycles. The van der Waals surface area contributed by atoms with Crippen molar-refractivity contribution in [2.45, 2.75) is 56.4 Å². The van der Waals surface area contributed by atoms with Crippen molar-refractivity contribution in [1.82, 2.24) is 20.4 Å². The van der Waals surface area contributed by atoms with E-state index in [1.807, 2.05) is 30.3 Å². The molecule has 0 saturated carbocycles. The van der Waals surface area contributed by atoms with Gasteiger partial charge in [-0.15, -0.1) is 10.2 Å². The van der Waals surface area contributed by atoms with Crippen molar-refractivity contribution < 1.29 is 4.79 Å². The minimum Gasteiger partial charge on any atom is -0.352 e. The number of carbonyl (C=O) groups excluding carboxylic acids is 1. The van der Waals surface area contributed by atoms with Gasteiger partial charge in [0.2, 0.25) is 0 Å². The van der Waals surface area contributed by atoms with Crippen LogP contribution in [0.25, 0.3) is 11.3 Å². The zero-order chi connectivity index (χ0) is 23.8. The summed E-state index contributed by atoms with van der Waals surface area (Å²) in [5.41, 5.74) is 4.98. The SMILES string of the molecule is Cc1ccc(-c2ccc(SCc3cccc(C(=O)NCCCN4CCCC[C@H]4C)c3)nn2)cc1. The molecule has 1 aromatic heterocycles. The minimum atomic E-state index is 0.000727. The number of carbonyl (C=O) groups is 1. The van der Waals surface area contributed by atoms with E-state index in [2.05, 4.69) is 64.6 Å². The van der Waals surface area contributed by atoms with Crippen LogP contribution in [0.2, 0.25) is 0 Å². The first-order valence-corrected chi connectivity index (χ1v) is 13.2. The highest BCUT2D eigenvalue weighted by Crippen LogP contribution is 2.23. The quantitative estimate of drug-likeness (QED) is 0.317. The van der Waals surface area contributed by atoms with E-state index in [4.69, 9.17) is 0 Å². The molecule has 0 radical (unpaired) electrons. The van der Waals surface area contributed by atoms with Gasteiger partial charge in [-0.25, -0.2) is 0 Å². The van der Waals surface area contributed by atoms with Gasteiger partial charge < -0.3 is 10.2 Å². The fourth-order valence-corrected chi connectivity index (χ4v) is 5.07. The van der Waals surface area contributed by atoms with E-state index < -0.39 is 0 Å². The summed E-state index contributed by atoms with van der Waals surface area (Å²) in [5, 5.41) is 12.7. The largest absolute Gasteiger partial charge is 0.352 e. The van der Waals surface area contributed by atoms with Gasteiger partial charge in [0.15, 0.2) is 0 Å². The Morgan fingerprint density at radius 3 is 2.71 bits per heavy atom. The van der Waals surface area contributed by atoms with Crippen molar-refractivity contribution in [2.24, 2.45) is 0 Å². The van der Waals surface area contributed by atoms with Crippen molar-refractivity contribution in [3.8, 4) is 11.3 Å². The van der Waals surface area contributed by atoms with Crippen LogP contribution < -0.4 is 5.32 Å². The smallest absolute Gasteiger partial charge is 0.251 e. The molecule has 2 heterocycles. The topological polar surface area (TPSA) is 58.1 Å². The van der Waals surface area contributed by atoms with Crippen LogP contribution in [0.1, 0.15) is 54.1 Å². The Morgan fingerprint density at radius 1 is 1.09 bits per heavy atom. The van der Waals surface area contributed by atoms with Crippen molar-refractivity contribution in [3.63, 3.8) is 0 Å². The van der Waals surface area contributed by atoms with E-state index in [-0.39, 0.29) is 5.91 Å². The first-order chi connectivity index (χ1) is 16.6. The molecule has 1 aliphatic heterocycles. The van der Waals surface area contributed by atoms with Crippen LogP contribution in [0.5, 0.6) is 0 Å². The van der Waals surface area contributed by atoms with E-state index in [9.17, 15) is 4.79 Å². The molecule has 1 atom stereocenters. The number of piperidine rings is 1. The Balaban J connectivity index is 1.24. The van der Waals surface area contributed by atoms with E-state index in [1.165, 1.54) is 31.4 Å². The third-order valence-corrected chi connectivity index (χ3v) is 7.40. The van der Waals surface area contributed by atoms with Crippen LogP contribution in [-0.4, -0.2) is 46.7 Å². The second-order valence-corrected chi connectivity index (χ2v) is 10.1. The average Bonchev–Trinajstić information content (AvgIpc) is 2.87. The molecule has 1 saturated heterocycles. The maximum absolute atomic E-state index is 12.6. The number of likely N-dealkylation sites (tertiary alicyclic amines) is 1. The Labute approximate surface area is 207 Å². The molecule has 4 rings (SSSR count). The van der Waals surface area contributed by atoms with E-state index >= 15 is 0 Å². The summed E-state index contributed by atoms with van der Waals surface area (Å²) in [4.78, 5) is 15.2. The van der Waals surface area contributed by atoms with Crippen LogP contribution in [0.3, 0.4) is 0 Å². The lowest BCUT2D eigenvalue weighted by atomic mass is 10.0. The first kappa shape index (κ1) is 24.4. The number of benzene rings is 2. The van der Waals surface area contributed by atoms with Crippen LogP contribution in [0, 0.1) is 6.92 Å². The van der Waals surface area contributed by atoms with Gasteiger partial charge in [0.25, 0.3) is 5.91 Å². The van der Waals surface area contributed by atoms with Gasteiger partial charge in [0.05, 0.1) is 5.69 Å². The lowest BCUT2D eigenvalue weighted by Gasteiger charge is -2.33. The number of aromatic nitrogens is 2. The Hall–Kier alpha value is -2.70. The van der Waals surface area contributed by atoms with Gasteiger partial charge >= 0.3 is 0 Å². The maximum Gasteiger partial charge on any atom is 0.251 e. The molecule has 1 N–H and O–H groups in total. The number of nitrogens with zero attached hydrogens (tertiary/aromatic N) is 3. The Kier molecular flexibility index (Phi) is 8.72. The Morgan fingerprint density at radius 2 is 1.94 bits per heavy atom. The summed E-state index contributed by atoms with van der Waals surface area (Å²) in [5.74, 6) is 0.743. The molecular formula is C28H34N4OS. The van der Waals surface area contributed by atoms with Gasteiger partial charge in [0.1, 0.15) is 5.03 Å². The molecule has 5 nitrogen and oxygen atoms in total. The summed E-state index contributed by atoms with van der Waals surface area (Å²) in [7, 11) is 0. The highest BCUT2D eigenvalue weighted by atomic mass is 32.2. The summed E-state index contributed by atoms with van der Waals surface area (Å²) in [6.45, 7) is 7.34. The predicted molar refractivity (Wildman–Crippen MR) is 140 cm³/mol. The van der Waals surface area contributed by atoms with Crippen LogP contribution in [-0.2, 0) is 5.75 Å². The second kappa shape index (κ2) is 12.1. The van der Waals surface area contributed by atoms with E-state index in [1.54, 1.807) is 11.8 Å². The summed E-state index contributed by atoms with van der Waals surface area (Å²) in [6.07, 6.45) is 4.92. The normalized spacial score (nSPS) is 16.4. The van der Waals surface area contributed by atoms with Crippen molar-refractivity contribution in [2.75, 3.05) is 19.6 Å². The van der Waals surface area contributed by atoms with Gasteiger partial charge in [-0.05, 0) is 69.5 Å². The second-order valence-electron chi connectivity index (χ2n) is 9.10. The van der Waals surface area contributed by atoms with Crippen molar-refractivity contribution in [3.05, 3.63) is 77.4 Å². The fraction of sp³-hybridized carbons (Fsp3) is 0.393. The highest BCUT2D eigenvalue weighted by Gasteiger charge is 2.17. The first-order valence-electron chi connectivity index (χ1n) is 12.2. The molecule has 6 heteroatoms. The van der Waals surface area contributed by atoms with Crippen LogP contribution >= 0.6 is 11.8 Å². The van der Waals surface area contributed by atoms with E-state index in [0.29, 0.717) is 18.2 Å².